The third-order valence-corrected chi connectivity index (χ3v) is 6.66. The minimum Gasteiger partial charge on any atom is -0.480 e. The number of alkyl carbamates (subject to hydrolysis) is 1. The van der Waals surface area contributed by atoms with Crippen molar-refractivity contribution in [3.63, 3.8) is 0 Å². The van der Waals surface area contributed by atoms with E-state index in [1.807, 2.05) is 36.4 Å². The van der Waals surface area contributed by atoms with E-state index in [4.69, 9.17) is 4.74 Å². The average molecular weight is 449 g/mol. The molecule has 0 spiro atoms. The van der Waals surface area contributed by atoms with Crippen LogP contribution >= 0.6 is 0 Å². The van der Waals surface area contributed by atoms with Gasteiger partial charge in [0.15, 0.2) is 6.04 Å². The molecule has 1 saturated heterocycles. The number of carbonyl (C=O) groups is 4. The molecule has 3 amide bonds. The third-order valence-electron chi connectivity index (χ3n) is 6.66. The highest BCUT2D eigenvalue weighted by Gasteiger charge is 2.55. The summed E-state index contributed by atoms with van der Waals surface area (Å²) >= 11 is 0. The number of nitrogens with one attached hydrogen (secondary N) is 2. The summed E-state index contributed by atoms with van der Waals surface area (Å²) in [7, 11) is 0. The van der Waals surface area contributed by atoms with Gasteiger partial charge < -0.3 is 15.2 Å². The SMILES string of the molecule is O=C1CC(C(=O)O)N(C(=O)C2(CNC(=O)OCC3c4ccccc4-c4ccccc43)CC2)N1. The van der Waals surface area contributed by atoms with Gasteiger partial charge in [0.05, 0.1) is 11.8 Å². The zero-order chi connectivity index (χ0) is 23.2. The Morgan fingerprint density at radius 2 is 1.67 bits per heavy atom. The van der Waals surface area contributed by atoms with Gasteiger partial charge in [-0.05, 0) is 35.1 Å². The van der Waals surface area contributed by atoms with Crippen molar-refractivity contribution >= 4 is 23.9 Å². The van der Waals surface area contributed by atoms with Crippen molar-refractivity contribution in [2.75, 3.05) is 13.2 Å². The van der Waals surface area contributed by atoms with Crippen LogP contribution in [0.1, 0.15) is 36.3 Å². The molecule has 2 aliphatic carbocycles. The van der Waals surface area contributed by atoms with E-state index in [2.05, 4.69) is 22.9 Å². The van der Waals surface area contributed by atoms with E-state index in [-0.39, 0.29) is 25.5 Å². The van der Waals surface area contributed by atoms with Crippen LogP contribution in [0.2, 0.25) is 0 Å². The maximum absolute atomic E-state index is 12.9. The minimum absolute atomic E-state index is 0.0151. The van der Waals surface area contributed by atoms with Crippen LogP contribution in [0.5, 0.6) is 0 Å². The molecule has 2 fully saturated rings. The van der Waals surface area contributed by atoms with Crippen LogP contribution in [0.3, 0.4) is 0 Å². The number of hydrazine groups is 1. The lowest BCUT2D eigenvalue weighted by Gasteiger charge is -2.25. The molecule has 2 aromatic carbocycles. The Morgan fingerprint density at radius 1 is 1.06 bits per heavy atom. The van der Waals surface area contributed by atoms with E-state index in [1.165, 1.54) is 0 Å². The highest BCUT2D eigenvalue weighted by atomic mass is 16.5. The number of hydrogen-bond donors (Lipinski definition) is 3. The third kappa shape index (κ3) is 3.69. The van der Waals surface area contributed by atoms with E-state index < -0.39 is 35.3 Å². The van der Waals surface area contributed by atoms with E-state index >= 15 is 0 Å². The molecule has 1 heterocycles. The summed E-state index contributed by atoms with van der Waals surface area (Å²) in [6, 6.07) is 14.8. The van der Waals surface area contributed by atoms with Crippen molar-refractivity contribution in [3.05, 3.63) is 59.7 Å². The largest absolute Gasteiger partial charge is 0.480 e. The van der Waals surface area contributed by atoms with Gasteiger partial charge in [0, 0.05) is 12.5 Å². The monoisotopic (exact) mass is 449 g/mol. The average Bonchev–Trinajstić information content (AvgIpc) is 3.41. The van der Waals surface area contributed by atoms with Crippen LogP contribution in [0.25, 0.3) is 11.1 Å². The normalized spacial score (nSPS) is 19.9. The summed E-state index contributed by atoms with van der Waals surface area (Å²) in [5.41, 5.74) is 5.86. The first kappa shape index (κ1) is 21.0. The molecule has 9 heteroatoms. The quantitative estimate of drug-likeness (QED) is 0.620. The molecule has 3 N–H and O–H groups in total. The highest BCUT2D eigenvalue weighted by molar-refractivity contribution is 5.96. The second-order valence-electron chi connectivity index (χ2n) is 8.73. The second-order valence-corrected chi connectivity index (χ2v) is 8.73. The number of hydrogen-bond acceptors (Lipinski definition) is 5. The molecule has 33 heavy (non-hydrogen) atoms. The van der Waals surface area contributed by atoms with E-state index in [0.717, 1.165) is 27.3 Å². The zero-order valence-electron chi connectivity index (χ0n) is 17.7. The van der Waals surface area contributed by atoms with E-state index in [1.54, 1.807) is 0 Å². The van der Waals surface area contributed by atoms with Crippen molar-refractivity contribution in [2.45, 2.75) is 31.2 Å². The second kappa shape index (κ2) is 7.91. The summed E-state index contributed by atoms with van der Waals surface area (Å²) in [5.74, 6) is -2.34. The summed E-state index contributed by atoms with van der Waals surface area (Å²) in [4.78, 5) is 48.3. The minimum atomic E-state index is -1.25. The number of amides is 3. The van der Waals surface area contributed by atoms with Crippen LogP contribution in [0.4, 0.5) is 4.79 Å². The van der Waals surface area contributed by atoms with Crippen molar-refractivity contribution in [1.29, 1.82) is 0 Å². The van der Waals surface area contributed by atoms with Crippen molar-refractivity contribution in [3.8, 4) is 11.1 Å². The van der Waals surface area contributed by atoms with Gasteiger partial charge in [-0.15, -0.1) is 0 Å². The molecule has 0 bridgehead atoms. The fraction of sp³-hybridized carbons (Fsp3) is 0.333. The number of fused-ring (bicyclic) bond motifs is 3. The van der Waals surface area contributed by atoms with Crippen LogP contribution < -0.4 is 10.7 Å². The molecule has 9 nitrogen and oxygen atoms in total. The first-order chi connectivity index (χ1) is 15.9. The van der Waals surface area contributed by atoms with Gasteiger partial charge >= 0.3 is 12.1 Å². The molecule has 1 saturated carbocycles. The van der Waals surface area contributed by atoms with Gasteiger partial charge in [0.25, 0.3) is 0 Å². The maximum Gasteiger partial charge on any atom is 0.407 e. The van der Waals surface area contributed by atoms with Crippen molar-refractivity contribution < 1.29 is 29.0 Å². The molecule has 0 radical (unpaired) electrons. The van der Waals surface area contributed by atoms with Gasteiger partial charge in [-0.1, -0.05) is 48.5 Å². The number of carbonyl (C=O) groups excluding carboxylic acids is 3. The number of aliphatic carboxylic acids is 1. The van der Waals surface area contributed by atoms with E-state index in [9.17, 15) is 24.3 Å². The Kier molecular flexibility index (Phi) is 5.03. The number of ether oxygens (including phenoxy) is 1. The molecule has 5 rings (SSSR count). The van der Waals surface area contributed by atoms with Gasteiger partial charge in [0.1, 0.15) is 6.61 Å². The molecule has 0 aromatic heterocycles. The fourth-order valence-corrected chi connectivity index (χ4v) is 4.68. The van der Waals surface area contributed by atoms with Crippen LogP contribution in [-0.4, -0.2) is 53.2 Å². The smallest absolute Gasteiger partial charge is 0.407 e. The van der Waals surface area contributed by atoms with E-state index in [0.29, 0.717) is 12.8 Å². The summed E-state index contributed by atoms with van der Waals surface area (Å²) in [6.45, 7) is 0.172. The fourth-order valence-electron chi connectivity index (χ4n) is 4.68. The Hall–Kier alpha value is -3.88. The van der Waals surface area contributed by atoms with Crippen LogP contribution in [0.15, 0.2) is 48.5 Å². The highest BCUT2D eigenvalue weighted by Crippen LogP contribution is 2.47. The standard InChI is InChI=1S/C24H23N3O6/c28-20-11-19(21(29)30)27(26-20)22(31)24(9-10-24)13-25-23(32)33-12-18-16-7-3-1-5-14(16)15-6-2-4-8-17(15)18/h1-8,18-19H,9-13H2,(H,25,32)(H,26,28)(H,29,30). The zero-order valence-corrected chi connectivity index (χ0v) is 17.7. The molecule has 1 unspecified atom stereocenters. The molecule has 1 aliphatic heterocycles. The lowest BCUT2D eigenvalue weighted by Crippen LogP contribution is -2.51. The topological polar surface area (TPSA) is 125 Å². The number of rotatable bonds is 6. The van der Waals surface area contributed by atoms with Crippen molar-refractivity contribution in [1.82, 2.24) is 15.8 Å². The molecule has 170 valence electrons. The van der Waals surface area contributed by atoms with Gasteiger partial charge in [0.2, 0.25) is 11.8 Å². The molecule has 2 aromatic rings. The first-order valence-electron chi connectivity index (χ1n) is 10.8. The summed E-state index contributed by atoms with van der Waals surface area (Å²) in [5, 5.41) is 12.8. The number of carboxylic acid groups (broad SMARTS) is 1. The lowest BCUT2D eigenvalue weighted by atomic mass is 9.98. The molecular weight excluding hydrogens is 426 g/mol. The van der Waals surface area contributed by atoms with Crippen molar-refractivity contribution in [2.24, 2.45) is 5.41 Å². The Morgan fingerprint density at radius 3 is 2.24 bits per heavy atom. The number of carboxylic acids is 1. The van der Waals surface area contributed by atoms with Gasteiger partial charge in [-0.3, -0.25) is 15.0 Å². The van der Waals surface area contributed by atoms with Crippen LogP contribution in [-0.2, 0) is 19.1 Å². The molecule has 1 atom stereocenters. The summed E-state index contributed by atoms with van der Waals surface area (Å²) in [6.07, 6.45) is 0.0653. The Labute approximate surface area is 189 Å². The number of benzene rings is 2. The maximum atomic E-state index is 12.9. The predicted octanol–water partition coefficient (Wildman–Crippen LogP) is 2.02. The predicted molar refractivity (Wildman–Crippen MR) is 116 cm³/mol. The van der Waals surface area contributed by atoms with Gasteiger partial charge in [-0.2, -0.15) is 0 Å². The molecule has 3 aliphatic rings. The number of nitrogens with zero attached hydrogens (tertiary/aromatic N) is 1. The lowest BCUT2D eigenvalue weighted by molar-refractivity contribution is -0.153. The van der Waals surface area contributed by atoms with Gasteiger partial charge in [-0.25, -0.2) is 14.6 Å². The van der Waals surface area contributed by atoms with Crippen LogP contribution in [0, 0.1) is 5.41 Å². The molecular formula is C24H23N3O6. The summed E-state index contributed by atoms with van der Waals surface area (Å²) < 4.78 is 5.51. The Bertz CT molecular complexity index is 1110. The first-order valence-corrected chi connectivity index (χ1v) is 10.8. The Balaban J connectivity index is 1.20.